The monoisotopic (exact) mass is 436 g/mol. The van der Waals surface area contributed by atoms with Crippen LogP contribution in [0.4, 0.5) is 0 Å². The second kappa shape index (κ2) is 7.55. The summed E-state index contributed by atoms with van der Waals surface area (Å²) in [5, 5.41) is 5.09. The molecule has 0 saturated heterocycles. The van der Waals surface area contributed by atoms with E-state index in [1.165, 1.54) is 13.3 Å². The van der Waals surface area contributed by atoms with Crippen LogP contribution >= 0.6 is 11.6 Å². The molecular weight excluding hydrogens is 420 g/mol. The van der Waals surface area contributed by atoms with Gasteiger partial charge in [-0.25, -0.2) is 14.5 Å². The number of aromatic nitrogens is 4. The second-order valence-electron chi connectivity index (χ2n) is 7.08. The van der Waals surface area contributed by atoms with E-state index in [1.807, 2.05) is 6.07 Å². The SMILES string of the molecule is CC(=O)C1=C(C)Oc2ncn3nc(COc4ccc(Cl)cc4)nc3c2[C@H]1c1ccco1. The van der Waals surface area contributed by atoms with Gasteiger partial charge in [-0.2, -0.15) is 0 Å². The predicted molar refractivity (Wildman–Crippen MR) is 111 cm³/mol. The van der Waals surface area contributed by atoms with E-state index in [0.717, 1.165) is 0 Å². The van der Waals surface area contributed by atoms with E-state index in [9.17, 15) is 4.79 Å². The summed E-state index contributed by atoms with van der Waals surface area (Å²) >= 11 is 5.91. The van der Waals surface area contributed by atoms with E-state index in [1.54, 1.807) is 48.0 Å². The van der Waals surface area contributed by atoms with Gasteiger partial charge in [0, 0.05) is 10.6 Å². The van der Waals surface area contributed by atoms with Crippen molar-refractivity contribution < 1.29 is 18.7 Å². The Morgan fingerprint density at radius 2 is 2.06 bits per heavy atom. The summed E-state index contributed by atoms with van der Waals surface area (Å²) in [5.74, 6) is 1.96. The highest BCUT2D eigenvalue weighted by molar-refractivity contribution is 6.30. The number of Topliss-reactive ketones (excluding diaryl/α,β-unsaturated/α-hetero) is 1. The van der Waals surface area contributed by atoms with E-state index in [4.69, 9.17) is 25.5 Å². The van der Waals surface area contributed by atoms with Crippen LogP contribution in [0, 0.1) is 0 Å². The third-order valence-electron chi connectivity index (χ3n) is 5.03. The molecule has 1 atom stereocenters. The Balaban J connectivity index is 1.57. The maximum absolute atomic E-state index is 12.5. The number of carbonyl (C=O) groups excluding carboxylic acids is 1. The molecule has 0 unspecified atom stereocenters. The molecule has 1 aliphatic rings. The van der Waals surface area contributed by atoms with Gasteiger partial charge in [0.1, 0.15) is 30.2 Å². The van der Waals surface area contributed by atoms with Crippen LogP contribution in [-0.4, -0.2) is 25.4 Å². The second-order valence-corrected chi connectivity index (χ2v) is 7.52. The third kappa shape index (κ3) is 3.44. The number of benzene rings is 1. The molecule has 0 radical (unpaired) electrons. The summed E-state index contributed by atoms with van der Waals surface area (Å²) in [5.41, 5.74) is 1.64. The van der Waals surface area contributed by atoms with Crippen LogP contribution < -0.4 is 9.47 Å². The van der Waals surface area contributed by atoms with E-state index >= 15 is 0 Å². The highest BCUT2D eigenvalue weighted by Crippen LogP contribution is 2.44. The van der Waals surface area contributed by atoms with Crippen molar-refractivity contribution in [3.8, 4) is 11.6 Å². The molecule has 0 spiro atoms. The lowest BCUT2D eigenvalue weighted by molar-refractivity contribution is -0.114. The van der Waals surface area contributed by atoms with Crippen LogP contribution in [0.5, 0.6) is 11.6 Å². The number of halogens is 1. The molecule has 0 N–H and O–H groups in total. The Hall–Kier alpha value is -3.65. The average molecular weight is 437 g/mol. The van der Waals surface area contributed by atoms with Crippen LogP contribution in [0.1, 0.15) is 36.9 Å². The number of carbonyl (C=O) groups is 1. The number of rotatable bonds is 5. The van der Waals surface area contributed by atoms with Crippen molar-refractivity contribution in [3.05, 3.63) is 82.5 Å². The number of ketones is 1. The quantitative estimate of drug-likeness (QED) is 0.459. The Labute approximate surface area is 182 Å². The van der Waals surface area contributed by atoms with E-state index in [0.29, 0.717) is 50.8 Å². The molecule has 4 aromatic rings. The molecule has 0 fully saturated rings. The van der Waals surface area contributed by atoms with Gasteiger partial charge in [-0.3, -0.25) is 4.79 Å². The molecule has 1 aliphatic heterocycles. The lowest BCUT2D eigenvalue weighted by Crippen LogP contribution is -2.21. The first-order valence-corrected chi connectivity index (χ1v) is 9.94. The van der Waals surface area contributed by atoms with Crippen molar-refractivity contribution in [1.29, 1.82) is 0 Å². The van der Waals surface area contributed by atoms with Crippen molar-refractivity contribution >= 4 is 23.0 Å². The van der Waals surface area contributed by atoms with Crippen LogP contribution in [-0.2, 0) is 11.4 Å². The van der Waals surface area contributed by atoms with Crippen molar-refractivity contribution in [2.75, 3.05) is 0 Å². The van der Waals surface area contributed by atoms with Crippen molar-refractivity contribution in [3.63, 3.8) is 0 Å². The summed E-state index contributed by atoms with van der Waals surface area (Å²) in [7, 11) is 0. The molecular formula is C22H17ClN4O4. The first kappa shape index (κ1) is 19.3. The molecule has 1 aromatic carbocycles. The van der Waals surface area contributed by atoms with Crippen LogP contribution in [0.2, 0.25) is 5.02 Å². The molecule has 4 heterocycles. The summed E-state index contributed by atoms with van der Waals surface area (Å²) < 4.78 is 18.9. The molecule has 5 rings (SSSR count). The minimum atomic E-state index is -0.498. The van der Waals surface area contributed by atoms with Gasteiger partial charge in [0.15, 0.2) is 17.3 Å². The number of hydrogen-bond acceptors (Lipinski definition) is 7. The highest BCUT2D eigenvalue weighted by Gasteiger charge is 2.37. The third-order valence-corrected chi connectivity index (χ3v) is 5.28. The predicted octanol–water partition coefficient (Wildman–Crippen LogP) is 4.34. The number of allylic oxidation sites excluding steroid dienone is 2. The normalized spacial score (nSPS) is 15.6. The van der Waals surface area contributed by atoms with Crippen molar-refractivity contribution in [2.24, 2.45) is 0 Å². The van der Waals surface area contributed by atoms with Gasteiger partial charge in [0.05, 0.1) is 17.7 Å². The molecule has 0 amide bonds. The van der Waals surface area contributed by atoms with Crippen LogP contribution in [0.25, 0.3) is 5.65 Å². The molecule has 156 valence electrons. The highest BCUT2D eigenvalue weighted by atomic mass is 35.5. The van der Waals surface area contributed by atoms with E-state index in [2.05, 4.69) is 15.1 Å². The van der Waals surface area contributed by atoms with Crippen LogP contribution in [0.15, 0.2) is 64.7 Å². The van der Waals surface area contributed by atoms with Gasteiger partial charge in [0.25, 0.3) is 0 Å². The topological polar surface area (TPSA) is 91.8 Å². The van der Waals surface area contributed by atoms with Gasteiger partial charge in [-0.05, 0) is 50.2 Å². The zero-order valence-corrected chi connectivity index (χ0v) is 17.5. The number of furan rings is 1. The zero-order valence-electron chi connectivity index (χ0n) is 16.7. The van der Waals surface area contributed by atoms with E-state index < -0.39 is 5.92 Å². The van der Waals surface area contributed by atoms with Gasteiger partial charge in [-0.1, -0.05) is 11.6 Å². The number of fused-ring (bicyclic) bond motifs is 3. The molecule has 0 aliphatic carbocycles. The molecule has 3 aromatic heterocycles. The molecule has 9 heteroatoms. The molecule has 8 nitrogen and oxygen atoms in total. The minimum Gasteiger partial charge on any atom is -0.486 e. The fraction of sp³-hybridized carbons (Fsp3) is 0.182. The van der Waals surface area contributed by atoms with Gasteiger partial charge in [-0.15, -0.1) is 5.10 Å². The number of ether oxygens (including phenoxy) is 2. The largest absolute Gasteiger partial charge is 0.486 e. The Bertz CT molecular complexity index is 1310. The number of nitrogens with zero attached hydrogens (tertiary/aromatic N) is 4. The van der Waals surface area contributed by atoms with Crippen LogP contribution in [0.3, 0.4) is 0 Å². The minimum absolute atomic E-state index is 0.114. The summed E-state index contributed by atoms with van der Waals surface area (Å²) in [4.78, 5) is 21.5. The first-order chi connectivity index (χ1) is 15.0. The van der Waals surface area contributed by atoms with Gasteiger partial charge in [0.2, 0.25) is 5.88 Å². The maximum atomic E-state index is 12.5. The fourth-order valence-electron chi connectivity index (χ4n) is 3.72. The van der Waals surface area contributed by atoms with E-state index in [-0.39, 0.29) is 12.4 Å². The van der Waals surface area contributed by atoms with Gasteiger partial charge < -0.3 is 13.9 Å². The standard InChI is InChI=1S/C22H17ClN4O4/c1-12(28)18-13(2)31-22-20(19(18)16-4-3-9-29-16)21-25-17(26-27(21)11-24-22)10-30-15-7-5-14(23)6-8-15/h3-9,11,19H,10H2,1-2H3/t19-/m0/s1. The fourth-order valence-corrected chi connectivity index (χ4v) is 3.84. The zero-order chi connectivity index (χ0) is 21.5. The summed E-state index contributed by atoms with van der Waals surface area (Å²) in [6, 6.07) is 10.6. The summed E-state index contributed by atoms with van der Waals surface area (Å²) in [6.07, 6.45) is 3.10. The maximum Gasteiger partial charge on any atom is 0.228 e. The average Bonchev–Trinajstić information content (AvgIpc) is 3.41. The van der Waals surface area contributed by atoms with Crippen molar-refractivity contribution in [1.82, 2.24) is 19.6 Å². The lowest BCUT2D eigenvalue weighted by Gasteiger charge is -2.26. The smallest absolute Gasteiger partial charge is 0.228 e. The Kier molecular flexibility index (Phi) is 4.71. The lowest BCUT2D eigenvalue weighted by atomic mass is 9.85. The molecule has 31 heavy (non-hydrogen) atoms. The summed E-state index contributed by atoms with van der Waals surface area (Å²) in [6.45, 7) is 3.40. The molecule has 0 bridgehead atoms. The van der Waals surface area contributed by atoms with Gasteiger partial charge >= 0.3 is 0 Å². The first-order valence-electron chi connectivity index (χ1n) is 9.56. The number of hydrogen-bond donors (Lipinski definition) is 0. The van der Waals surface area contributed by atoms with Crippen molar-refractivity contribution in [2.45, 2.75) is 26.4 Å². The molecule has 0 saturated carbocycles. The Morgan fingerprint density at radius 1 is 1.26 bits per heavy atom. The Morgan fingerprint density at radius 3 is 2.77 bits per heavy atom.